The molecule has 1 aliphatic heterocycles. The third kappa shape index (κ3) is 1.56. The molecule has 0 bridgehead atoms. The predicted octanol–water partition coefficient (Wildman–Crippen LogP) is -0.126. The van der Waals surface area contributed by atoms with Crippen LogP contribution in [0.4, 0.5) is 0 Å². The molecule has 0 aromatic heterocycles. The summed E-state index contributed by atoms with van der Waals surface area (Å²) in [4.78, 5) is 0. The van der Waals surface area contributed by atoms with Crippen LogP contribution in [-0.4, -0.2) is 23.0 Å². The van der Waals surface area contributed by atoms with Gasteiger partial charge in [-0.25, -0.2) is 0 Å². The van der Waals surface area contributed by atoms with E-state index in [4.69, 9.17) is 19.5 Å². The van der Waals surface area contributed by atoms with E-state index in [1.807, 2.05) is 0 Å². The number of rotatable bonds is 1. The molecule has 2 N–H and O–H groups in total. The maximum absolute atomic E-state index is 8.94. The van der Waals surface area contributed by atoms with E-state index in [0.29, 0.717) is 17.0 Å². The molecule has 0 unspecified atom stereocenters. The first-order chi connectivity index (χ1) is 6.48. The van der Waals surface area contributed by atoms with Crippen molar-refractivity contribution in [3.8, 4) is 11.5 Å². The van der Waals surface area contributed by atoms with Crippen molar-refractivity contribution in [2.45, 2.75) is 19.6 Å². The Hall–Kier alpha value is -1.20. The van der Waals surface area contributed by atoms with Gasteiger partial charge in [-0.05, 0) is 17.6 Å². The first-order valence-corrected chi connectivity index (χ1v) is 4.36. The Kier molecular flexibility index (Phi) is 1.94. The standard InChI is InChI=1S/C9H11BO4/c1-9(2)13-7-4-3-6(10(11)12)5-8(7)14-9/h3-5,11-12H,1-2H3. The van der Waals surface area contributed by atoms with Gasteiger partial charge in [-0.3, -0.25) is 0 Å². The van der Waals surface area contributed by atoms with Crippen molar-refractivity contribution in [3.05, 3.63) is 18.2 Å². The van der Waals surface area contributed by atoms with Gasteiger partial charge in [0.15, 0.2) is 11.5 Å². The number of fused-ring (bicyclic) bond motifs is 1. The van der Waals surface area contributed by atoms with Gasteiger partial charge >= 0.3 is 7.12 Å². The predicted molar refractivity (Wildman–Crippen MR) is 51.6 cm³/mol. The van der Waals surface area contributed by atoms with Crippen LogP contribution in [0.5, 0.6) is 11.5 Å². The van der Waals surface area contributed by atoms with E-state index < -0.39 is 12.9 Å². The fourth-order valence-electron chi connectivity index (χ4n) is 1.40. The lowest BCUT2D eigenvalue weighted by molar-refractivity contribution is -0.0431. The van der Waals surface area contributed by atoms with Crippen LogP contribution in [0.15, 0.2) is 18.2 Å². The fourth-order valence-corrected chi connectivity index (χ4v) is 1.40. The third-order valence-electron chi connectivity index (χ3n) is 1.98. The van der Waals surface area contributed by atoms with E-state index in [2.05, 4.69) is 0 Å². The van der Waals surface area contributed by atoms with Crippen LogP contribution in [0.2, 0.25) is 0 Å². The van der Waals surface area contributed by atoms with Gasteiger partial charge in [-0.15, -0.1) is 0 Å². The Morgan fingerprint density at radius 3 is 2.43 bits per heavy atom. The van der Waals surface area contributed by atoms with Crippen molar-refractivity contribution in [1.82, 2.24) is 0 Å². The summed E-state index contributed by atoms with van der Waals surface area (Å²) >= 11 is 0. The summed E-state index contributed by atoms with van der Waals surface area (Å²) in [6, 6.07) is 4.82. The first-order valence-electron chi connectivity index (χ1n) is 4.36. The van der Waals surface area contributed by atoms with E-state index >= 15 is 0 Å². The number of ether oxygens (including phenoxy) is 2. The Morgan fingerprint density at radius 1 is 1.14 bits per heavy atom. The molecule has 2 rings (SSSR count). The van der Waals surface area contributed by atoms with E-state index in [-0.39, 0.29) is 0 Å². The quantitative estimate of drug-likeness (QED) is 0.611. The van der Waals surface area contributed by atoms with Crippen molar-refractivity contribution in [2.75, 3.05) is 0 Å². The van der Waals surface area contributed by atoms with E-state index in [0.717, 1.165) is 0 Å². The molecule has 4 nitrogen and oxygen atoms in total. The minimum atomic E-state index is -1.48. The zero-order valence-corrected chi connectivity index (χ0v) is 8.02. The summed E-state index contributed by atoms with van der Waals surface area (Å²) in [5.74, 6) is 0.487. The second kappa shape index (κ2) is 2.90. The number of hydrogen-bond acceptors (Lipinski definition) is 4. The van der Waals surface area contributed by atoms with Crippen LogP contribution in [0.3, 0.4) is 0 Å². The lowest BCUT2D eigenvalue weighted by Gasteiger charge is -2.16. The molecule has 0 saturated carbocycles. The molecule has 1 aromatic rings. The zero-order valence-electron chi connectivity index (χ0n) is 8.02. The fraction of sp³-hybridized carbons (Fsp3) is 0.333. The highest BCUT2D eigenvalue weighted by atomic mass is 16.7. The maximum Gasteiger partial charge on any atom is 0.488 e. The Bertz CT molecular complexity index is 362. The summed E-state index contributed by atoms with van der Waals surface area (Å²) in [6.07, 6.45) is 0. The number of benzene rings is 1. The third-order valence-corrected chi connectivity index (χ3v) is 1.98. The zero-order chi connectivity index (χ0) is 10.3. The molecule has 0 spiro atoms. The molecule has 1 heterocycles. The van der Waals surface area contributed by atoms with Crippen LogP contribution in [0.25, 0.3) is 0 Å². The molecule has 0 amide bonds. The monoisotopic (exact) mass is 194 g/mol. The molecule has 74 valence electrons. The lowest BCUT2D eigenvalue weighted by Crippen LogP contribution is -2.30. The molecule has 0 fully saturated rings. The highest BCUT2D eigenvalue weighted by Crippen LogP contribution is 2.37. The van der Waals surface area contributed by atoms with Gasteiger partial charge in [-0.2, -0.15) is 0 Å². The molecule has 1 aliphatic rings. The van der Waals surface area contributed by atoms with Crippen LogP contribution < -0.4 is 14.9 Å². The summed E-state index contributed by atoms with van der Waals surface area (Å²) in [5.41, 5.74) is 0.394. The van der Waals surface area contributed by atoms with Gasteiger partial charge in [-0.1, -0.05) is 6.07 Å². The second-order valence-corrected chi connectivity index (χ2v) is 3.68. The Balaban J connectivity index is 2.36. The normalized spacial score (nSPS) is 16.9. The highest BCUT2D eigenvalue weighted by molar-refractivity contribution is 6.58. The molecule has 1 aromatic carbocycles. The molecule has 0 radical (unpaired) electrons. The summed E-state index contributed by atoms with van der Waals surface area (Å²) in [6.45, 7) is 3.59. The molecule has 0 atom stereocenters. The van der Waals surface area contributed by atoms with Crippen LogP contribution in [0.1, 0.15) is 13.8 Å². The average molecular weight is 194 g/mol. The Labute approximate surface area is 82.2 Å². The molecule has 0 aliphatic carbocycles. The lowest BCUT2D eigenvalue weighted by atomic mass is 9.80. The summed E-state index contributed by atoms with van der Waals surface area (Å²) < 4.78 is 10.9. The minimum Gasteiger partial charge on any atom is -0.449 e. The molecule has 14 heavy (non-hydrogen) atoms. The van der Waals surface area contributed by atoms with Gasteiger partial charge < -0.3 is 19.5 Å². The smallest absolute Gasteiger partial charge is 0.449 e. The van der Waals surface area contributed by atoms with Crippen molar-refractivity contribution >= 4 is 12.6 Å². The molecule has 5 heteroatoms. The van der Waals surface area contributed by atoms with E-state index in [1.54, 1.807) is 32.0 Å². The SMILES string of the molecule is CC1(C)Oc2ccc(B(O)O)cc2O1. The van der Waals surface area contributed by atoms with Crippen LogP contribution in [0, 0.1) is 0 Å². The van der Waals surface area contributed by atoms with Crippen LogP contribution in [-0.2, 0) is 0 Å². The van der Waals surface area contributed by atoms with Crippen molar-refractivity contribution < 1.29 is 19.5 Å². The topological polar surface area (TPSA) is 58.9 Å². The van der Waals surface area contributed by atoms with Crippen molar-refractivity contribution in [3.63, 3.8) is 0 Å². The summed E-state index contributed by atoms with van der Waals surface area (Å²) in [7, 11) is -1.48. The highest BCUT2D eigenvalue weighted by Gasteiger charge is 2.32. The van der Waals surface area contributed by atoms with E-state index in [1.165, 1.54) is 0 Å². The van der Waals surface area contributed by atoms with Gasteiger partial charge in [0.05, 0.1) is 0 Å². The minimum absolute atomic E-state index is 0.394. The molecular formula is C9H11BO4. The largest absolute Gasteiger partial charge is 0.488 e. The molecule has 0 saturated heterocycles. The van der Waals surface area contributed by atoms with Crippen molar-refractivity contribution in [2.24, 2.45) is 0 Å². The first kappa shape index (κ1) is 9.36. The van der Waals surface area contributed by atoms with Crippen LogP contribution >= 0.6 is 0 Å². The van der Waals surface area contributed by atoms with Crippen molar-refractivity contribution in [1.29, 1.82) is 0 Å². The van der Waals surface area contributed by atoms with E-state index in [9.17, 15) is 0 Å². The second-order valence-electron chi connectivity index (χ2n) is 3.68. The van der Waals surface area contributed by atoms with Gasteiger partial charge in [0.1, 0.15) is 0 Å². The van der Waals surface area contributed by atoms with Gasteiger partial charge in [0.2, 0.25) is 5.79 Å². The maximum atomic E-state index is 8.94. The molecular weight excluding hydrogens is 183 g/mol. The average Bonchev–Trinajstić information content (AvgIpc) is 2.36. The van der Waals surface area contributed by atoms with Gasteiger partial charge in [0.25, 0.3) is 0 Å². The Morgan fingerprint density at radius 2 is 1.79 bits per heavy atom. The number of hydrogen-bond donors (Lipinski definition) is 2. The van der Waals surface area contributed by atoms with Gasteiger partial charge in [0, 0.05) is 13.8 Å². The summed E-state index contributed by atoms with van der Waals surface area (Å²) in [5, 5.41) is 17.9.